The van der Waals surface area contributed by atoms with Crippen molar-refractivity contribution in [2.45, 2.75) is 463 Å². The second kappa shape index (κ2) is 74.1. The van der Waals surface area contributed by atoms with E-state index < -0.39 is 12.1 Å². The second-order valence-electron chi connectivity index (χ2n) is 27.0. The third kappa shape index (κ3) is 69.7. The normalized spacial score (nSPS) is 12.5. The number of ether oxygens (including phenoxy) is 1. The lowest BCUT2D eigenvalue weighted by Crippen LogP contribution is -2.45. The molecule has 0 aliphatic carbocycles. The average Bonchev–Trinajstić information content (AvgIpc) is 3.51. The van der Waals surface area contributed by atoms with Crippen LogP contribution in [0, 0.1) is 0 Å². The second-order valence-corrected chi connectivity index (χ2v) is 27.0. The molecule has 0 aromatic carbocycles. The largest absolute Gasteiger partial charge is 0.466 e. The third-order valence-corrected chi connectivity index (χ3v) is 18.6. The quantitative estimate of drug-likeness (QED) is 0.0320. The molecule has 2 unspecified atom stereocenters. The molecule has 0 aromatic rings. The smallest absolute Gasteiger partial charge is 0.305 e. The Kier molecular flexibility index (Phi) is 72.8. The molecule has 500 valence electrons. The van der Waals surface area contributed by atoms with Crippen molar-refractivity contribution in [2.75, 3.05) is 13.2 Å². The van der Waals surface area contributed by atoms with Crippen molar-refractivity contribution in [3.63, 3.8) is 0 Å². The van der Waals surface area contributed by atoms with Gasteiger partial charge in [-0.15, -0.1) is 0 Å². The summed E-state index contributed by atoms with van der Waals surface area (Å²) in [4.78, 5) is 24.6. The summed E-state index contributed by atoms with van der Waals surface area (Å²) in [5.74, 6) is -0.00436. The first-order valence-electron chi connectivity index (χ1n) is 38.9. The lowest BCUT2D eigenvalue weighted by atomic mass is 10.0. The van der Waals surface area contributed by atoms with Crippen LogP contribution in [0.4, 0.5) is 0 Å². The van der Waals surface area contributed by atoms with Crippen LogP contribution in [0.2, 0.25) is 0 Å². The number of aliphatic hydroxyl groups is 2. The molecule has 0 aliphatic heterocycles. The highest BCUT2D eigenvalue weighted by Crippen LogP contribution is 2.20. The fourth-order valence-electron chi connectivity index (χ4n) is 12.6. The van der Waals surface area contributed by atoms with Gasteiger partial charge in [-0.3, -0.25) is 9.59 Å². The Morgan fingerprint density at radius 2 is 0.560 bits per heavy atom. The van der Waals surface area contributed by atoms with E-state index >= 15 is 0 Å². The first-order chi connectivity index (χ1) is 41.5. The first kappa shape index (κ1) is 82.6. The van der Waals surface area contributed by atoms with Gasteiger partial charge >= 0.3 is 5.97 Å². The maximum atomic E-state index is 12.6. The Labute approximate surface area is 527 Å². The molecule has 0 aromatic heterocycles. The summed E-state index contributed by atoms with van der Waals surface area (Å²) < 4.78 is 5.50. The van der Waals surface area contributed by atoms with Gasteiger partial charge in [-0.25, -0.2) is 0 Å². The van der Waals surface area contributed by atoms with Gasteiger partial charge in [0.25, 0.3) is 0 Å². The minimum absolute atomic E-state index is 0.0221. The summed E-state index contributed by atoms with van der Waals surface area (Å²) in [6, 6.07) is -0.539. The van der Waals surface area contributed by atoms with E-state index in [0.717, 1.165) is 38.5 Å². The van der Waals surface area contributed by atoms with Crippen LogP contribution in [-0.2, 0) is 14.3 Å². The van der Waals surface area contributed by atoms with Gasteiger partial charge in [-0.1, -0.05) is 398 Å². The number of nitrogens with one attached hydrogen (secondary N) is 1. The number of rotatable bonds is 74. The fourth-order valence-corrected chi connectivity index (χ4v) is 12.6. The van der Waals surface area contributed by atoms with E-state index in [1.54, 1.807) is 0 Å². The molecule has 0 rings (SSSR count). The van der Waals surface area contributed by atoms with Crippen molar-refractivity contribution in [3.8, 4) is 0 Å². The molecule has 1 amide bonds. The van der Waals surface area contributed by atoms with Crippen LogP contribution in [0.25, 0.3) is 0 Å². The van der Waals surface area contributed by atoms with Crippen LogP contribution in [-0.4, -0.2) is 47.4 Å². The van der Waals surface area contributed by atoms with E-state index in [1.165, 1.54) is 379 Å². The van der Waals surface area contributed by atoms with Gasteiger partial charge in [0.1, 0.15) is 0 Å². The van der Waals surface area contributed by atoms with Gasteiger partial charge in [0.05, 0.1) is 25.4 Å². The van der Waals surface area contributed by atoms with Crippen molar-refractivity contribution in [1.29, 1.82) is 0 Å². The topological polar surface area (TPSA) is 95.9 Å². The Morgan fingerprint density at radius 3 is 0.845 bits per heavy atom. The number of esters is 1. The number of aliphatic hydroxyl groups excluding tert-OH is 2. The molecule has 0 saturated carbocycles. The van der Waals surface area contributed by atoms with Crippen LogP contribution in [0.1, 0.15) is 450 Å². The van der Waals surface area contributed by atoms with Gasteiger partial charge in [-0.05, 0) is 51.4 Å². The maximum absolute atomic E-state index is 12.6. The molecule has 0 saturated heterocycles. The Morgan fingerprint density at radius 1 is 0.321 bits per heavy atom. The van der Waals surface area contributed by atoms with E-state index in [4.69, 9.17) is 4.74 Å². The SMILES string of the molecule is CCCCCCCCCCCCCCCCCCCCCCC(O)C(CO)NC(=O)CCCCCCCCCCCCCCCCCCC/C=C\CCCCCCCCCCCCCCOC(=O)CCCCCCCCCCCCCCCC. The van der Waals surface area contributed by atoms with Crippen LogP contribution < -0.4 is 5.32 Å². The zero-order valence-electron chi connectivity index (χ0n) is 57.4. The van der Waals surface area contributed by atoms with Crippen molar-refractivity contribution in [1.82, 2.24) is 5.32 Å². The summed E-state index contributed by atoms with van der Waals surface area (Å²) in [5, 5.41) is 23.4. The van der Waals surface area contributed by atoms with Gasteiger partial charge in [0, 0.05) is 12.8 Å². The molecule has 0 aliphatic rings. The number of amides is 1. The monoisotopic (exact) mass is 1180 g/mol. The number of carbonyl (C=O) groups is 2. The Balaban J connectivity index is 3.34. The van der Waals surface area contributed by atoms with Crippen LogP contribution in [0.5, 0.6) is 0 Å². The highest BCUT2D eigenvalue weighted by atomic mass is 16.5. The van der Waals surface area contributed by atoms with Crippen molar-refractivity contribution in [3.05, 3.63) is 12.2 Å². The molecule has 0 bridgehead atoms. The Hall–Kier alpha value is -1.40. The maximum Gasteiger partial charge on any atom is 0.305 e. The van der Waals surface area contributed by atoms with Crippen LogP contribution >= 0.6 is 0 Å². The molecule has 3 N–H and O–H groups in total. The number of unbranched alkanes of at least 4 members (excludes halogenated alkanes) is 61. The summed E-state index contributed by atoms with van der Waals surface area (Å²) in [7, 11) is 0. The summed E-state index contributed by atoms with van der Waals surface area (Å²) in [6.07, 6.45) is 93.0. The van der Waals surface area contributed by atoms with E-state index in [-0.39, 0.29) is 18.5 Å². The number of allylic oxidation sites excluding steroid dienone is 2. The third-order valence-electron chi connectivity index (χ3n) is 18.6. The van der Waals surface area contributed by atoms with E-state index in [2.05, 4.69) is 31.3 Å². The molecule has 0 radical (unpaired) electrons. The van der Waals surface area contributed by atoms with Gasteiger partial charge in [0.2, 0.25) is 5.91 Å². The lowest BCUT2D eigenvalue weighted by Gasteiger charge is -2.22. The zero-order chi connectivity index (χ0) is 60.6. The molecule has 0 spiro atoms. The summed E-state index contributed by atoms with van der Waals surface area (Å²) in [6.45, 7) is 5.01. The Bertz CT molecular complexity index is 1270. The molecular formula is C78H153NO5. The van der Waals surface area contributed by atoms with Crippen molar-refractivity contribution in [2.24, 2.45) is 0 Å². The van der Waals surface area contributed by atoms with Gasteiger partial charge in [0.15, 0.2) is 0 Å². The van der Waals surface area contributed by atoms with Crippen molar-refractivity contribution < 1.29 is 24.5 Å². The fraction of sp³-hybridized carbons (Fsp3) is 0.949. The van der Waals surface area contributed by atoms with Gasteiger partial charge < -0.3 is 20.3 Å². The predicted molar refractivity (Wildman–Crippen MR) is 370 cm³/mol. The molecule has 0 fully saturated rings. The number of carbonyl (C=O) groups excluding carboxylic acids is 2. The molecule has 2 atom stereocenters. The zero-order valence-corrected chi connectivity index (χ0v) is 57.4. The molecule has 6 heteroatoms. The summed E-state index contributed by atoms with van der Waals surface area (Å²) >= 11 is 0. The minimum Gasteiger partial charge on any atom is -0.466 e. The predicted octanol–water partition coefficient (Wildman–Crippen LogP) is 25.5. The van der Waals surface area contributed by atoms with E-state index in [9.17, 15) is 19.8 Å². The molecule has 6 nitrogen and oxygen atoms in total. The standard InChI is InChI=1S/C78H153NO5/c1-3-5-7-9-11-13-15-17-19-20-21-37-40-43-46-50-54-58-62-66-70-76(81)75(74-80)79-77(82)71-67-63-59-55-51-47-44-41-38-35-33-31-29-27-25-23-22-24-26-28-30-32-34-36-39-42-45-49-53-57-61-65-69-73-84-78(83)72-68-64-60-56-52-48-18-16-14-12-10-8-6-4-2/h26,28,75-76,80-81H,3-25,27,29-74H2,1-2H3,(H,79,82)/b28-26-. The molecule has 0 heterocycles. The van der Waals surface area contributed by atoms with Crippen molar-refractivity contribution >= 4 is 11.9 Å². The number of hydrogen-bond donors (Lipinski definition) is 3. The molecular weight excluding hydrogens is 1030 g/mol. The highest BCUT2D eigenvalue weighted by molar-refractivity contribution is 5.76. The van der Waals surface area contributed by atoms with Gasteiger partial charge in [-0.2, -0.15) is 0 Å². The van der Waals surface area contributed by atoms with Crippen LogP contribution in [0.3, 0.4) is 0 Å². The minimum atomic E-state index is -0.662. The first-order valence-corrected chi connectivity index (χ1v) is 38.9. The van der Waals surface area contributed by atoms with E-state index in [1.807, 2.05) is 0 Å². The average molecular weight is 1190 g/mol. The van der Waals surface area contributed by atoms with Crippen LogP contribution in [0.15, 0.2) is 12.2 Å². The summed E-state index contributed by atoms with van der Waals surface area (Å²) in [5.41, 5.74) is 0. The highest BCUT2D eigenvalue weighted by Gasteiger charge is 2.20. The molecule has 84 heavy (non-hydrogen) atoms. The lowest BCUT2D eigenvalue weighted by molar-refractivity contribution is -0.143. The number of hydrogen-bond acceptors (Lipinski definition) is 5. The van der Waals surface area contributed by atoms with E-state index in [0.29, 0.717) is 25.9 Å².